The number of halogens is 1. The van der Waals surface area contributed by atoms with E-state index in [0.29, 0.717) is 11.5 Å². The zero-order valence-corrected chi connectivity index (χ0v) is 11.7. The van der Waals surface area contributed by atoms with Gasteiger partial charge >= 0.3 is 0 Å². The van der Waals surface area contributed by atoms with Crippen LogP contribution in [0.15, 0.2) is 0 Å². The highest BCUT2D eigenvalue weighted by atomic mass is 35.5. The van der Waals surface area contributed by atoms with Crippen molar-refractivity contribution in [1.29, 1.82) is 0 Å². The molecule has 0 aliphatic heterocycles. The summed E-state index contributed by atoms with van der Waals surface area (Å²) in [7, 11) is 0. The molecule has 1 saturated carbocycles. The van der Waals surface area contributed by atoms with Crippen molar-refractivity contribution in [1.82, 2.24) is 9.78 Å². The fraction of sp³-hybridized carbons (Fsp3) is 0.769. The first-order valence-electron chi connectivity index (χ1n) is 6.42. The summed E-state index contributed by atoms with van der Waals surface area (Å²) in [5.74, 6) is 0. The molecular formula is C13H22ClN3. The first-order chi connectivity index (χ1) is 7.95. The predicted molar refractivity (Wildman–Crippen MR) is 71.3 cm³/mol. The topological polar surface area (TPSA) is 43.8 Å². The van der Waals surface area contributed by atoms with Gasteiger partial charge < -0.3 is 5.73 Å². The molecule has 96 valence electrons. The molecule has 2 unspecified atom stereocenters. The maximum atomic E-state index is 6.35. The van der Waals surface area contributed by atoms with Crippen LogP contribution in [-0.2, 0) is 13.0 Å². The van der Waals surface area contributed by atoms with Gasteiger partial charge in [0.25, 0.3) is 0 Å². The van der Waals surface area contributed by atoms with Crippen molar-refractivity contribution >= 4 is 11.6 Å². The Morgan fingerprint density at radius 1 is 1.59 bits per heavy atom. The van der Waals surface area contributed by atoms with Gasteiger partial charge in [-0.3, -0.25) is 4.68 Å². The van der Waals surface area contributed by atoms with Gasteiger partial charge in [0.1, 0.15) is 0 Å². The largest absolute Gasteiger partial charge is 0.328 e. The zero-order chi connectivity index (χ0) is 12.6. The lowest BCUT2D eigenvalue weighted by atomic mass is 9.83. The molecule has 0 amide bonds. The molecule has 3 nitrogen and oxygen atoms in total. The Labute approximate surface area is 108 Å². The third kappa shape index (κ3) is 2.50. The molecule has 0 bridgehead atoms. The highest BCUT2D eigenvalue weighted by molar-refractivity contribution is 6.31. The van der Waals surface area contributed by atoms with Crippen molar-refractivity contribution < 1.29 is 0 Å². The average Bonchev–Trinajstić information content (AvgIpc) is 2.74. The molecule has 1 aliphatic rings. The first kappa shape index (κ1) is 12.9. The van der Waals surface area contributed by atoms with Gasteiger partial charge in [-0.1, -0.05) is 18.5 Å². The lowest BCUT2D eigenvalue weighted by molar-refractivity contribution is 0.319. The maximum absolute atomic E-state index is 6.35. The number of nitrogens with two attached hydrogens (primary N) is 1. The molecule has 1 aromatic rings. The Morgan fingerprint density at radius 3 is 2.82 bits per heavy atom. The van der Waals surface area contributed by atoms with E-state index >= 15 is 0 Å². The van der Waals surface area contributed by atoms with Gasteiger partial charge in [-0.15, -0.1) is 0 Å². The van der Waals surface area contributed by atoms with E-state index in [0.717, 1.165) is 36.5 Å². The second-order valence-electron chi connectivity index (χ2n) is 5.65. The normalized spacial score (nSPS) is 28.9. The molecule has 0 aromatic carbocycles. The van der Waals surface area contributed by atoms with Gasteiger partial charge in [-0.05, 0) is 44.9 Å². The Bertz CT molecular complexity index is 413. The van der Waals surface area contributed by atoms with Crippen LogP contribution in [-0.4, -0.2) is 15.8 Å². The van der Waals surface area contributed by atoms with Gasteiger partial charge in [0, 0.05) is 12.6 Å². The summed E-state index contributed by atoms with van der Waals surface area (Å²) in [4.78, 5) is 0. The molecule has 1 aromatic heterocycles. The third-order valence-corrected chi connectivity index (χ3v) is 4.41. The monoisotopic (exact) mass is 255 g/mol. The zero-order valence-electron chi connectivity index (χ0n) is 11.0. The summed E-state index contributed by atoms with van der Waals surface area (Å²) in [6, 6.07) is 0.359. The molecule has 0 spiro atoms. The van der Waals surface area contributed by atoms with Crippen molar-refractivity contribution in [2.24, 2.45) is 11.1 Å². The number of hydrogen-bond donors (Lipinski definition) is 1. The van der Waals surface area contributed by atoms with Crippen molar-refractivity contribution in [2.75, 3.05) is 0 Å². The van der Waals surface area contributed by atoms with E-state index in [2.05, 4.69) is 18.9 Å². The Kier molecular flexibility index (Phi) is 3.50. The maximum Gasteiger partial charge on any atom is 0.0847 e. The number of nitrogens with zero attached hydrogens (tertiary/aromatic N) is 2. The summed E-state index contributed by atoms with van der Waals surface area (Å²) >= 11 is 6.35. The van der Waals surface area contributed by atoms with E-state index in [4.69, 9.17) is 17.3 Å². The quantitative estimate of drug-likeness (QED) is 0.903. The Balaban J connectivity index is 2.23. The van der Waals surface area contributed by atoms with Crippen LogP contribution in [0.5, 0.6) is 0 Å². The van der Waals surface area contributed by atoms with E-state index in [1.54, 1.807) is 0 Å². The SMILES string of the molecule is CCn1nc(C)c(Cl)c1CC1(C)CCC(N)C1. The summed E-state index contributed by atoms with van der Waals surface area (Å²) in [6.07, 6.45) is 4.41. The predicted octanol–water partition coefficient (Wildman–Crippen LogP) is 2.92. The molecule has 0 radical (unpaired) electrons. The number of aryl methyl sites for hydroxylation is 2. The summed E-state index contributed by atoms with van der Waals surface area (Å²) in [5.41, 5.74) is 8.44. The molecule has 2 atom stereocenters. The van der Waals surface area contributed by atoms with Crippen LogP contribution in [0.2, 0.25) is 5.02 Å². The van der Waals surface area contributed by atoms with Crippen LogP contribution < -0.4 is 5.73 Å². The number of aromatic nitrogens is 2. The summed E-state index contributed by atoms with van der Waals surface area (Å²) in [5, 5.41) is 5.32. The lowest BCUT2D eigenvalue weighted by Gasteiger charge is -2.24. The Hall–Kier alpha value is -0.540. The summed E-state index contributed by atoms with van der Waals surface area (Å²) < 4.78 is 2.03. The van der Waals surface area contributed by atoms with Gasteiger partial charge in [0.2, 0.25) is 0 Å². The highest BCUT2D eigenvalue weighted by Crippen LogP contribution is 2.41. The molecule has 2 rings (SSSR count). The van der Waals surface area contributed by atoms with Crippen LogP contribution in [0.3, 0.4) is 0 Å². The molecule has 0 saturated heterocycles. The fourth-order valence-corrected chi connectivity index (χ4v) is 3.18. The molecule has 2 N–H and O–H groups in total. The van der Waals surface area contributed by atoms with Crippen molar-refractivity contribution in [3.05, 3.63) is 16.4 Å². The van der Waals surface area contributed by atoms with Gasteiger partial charge in [-0.25, -0.2) is 0 Å². The second-order valence-corrected chi connectivity index (χ2v) is 6.03. The van der Waals surface area contributed by atoms with Crippen LogP contribution in [0.25, 0.3) is 0 Å². The Morgan fingerprint density at radius 2 is 2.29 bits per heavy atom. The lowest BCUT2D eigenvalue weighted by Crippen LogP contribution is -2.22. The first-order valence-corrected chi connectivity index (χ1v) is 6.80. The minimum atomic E-state index is 0.294. The van der Waals surface area contributed by atoms with E-state index in [-0.39, 0.29) is 0 Å². The second kappa shape index (κ2) is 4.62. The molecule has 4 heteroatoms. The van der Waals surface area contributed by atoms with Crippen molar-refractivity contribution in [3.63, 3.8) is 0 Å². The minimum absolute atomic E-state index is 0.294. The fourth-order valence-electron chi connectivity index (χ4n) is 2.97. The number of rotatable bonds is 3. The van der Waals surface area contributed by atoms with E-state index in [1.807, 2.05) is 11.6 Å². The van der Waals surface area contributed by atoms with Gasteiger partial charge in [-0.2, -0.15) is 5.10 Å². The van der Waals surface area contributed by atoms with E-state index in [1.165, 1.54) is 12.1 Å². The van der Waals surface area contributed by atoms with Crippen LogP contribution in [0.1, 0.15) is 44.5 Å². The molecule has 17 heavy (non-hydrogen) atoms. The molecular weight excluding hydrogens is 234 g/mol. The molecule has 1 fully saturated rings. The smallest absolute Gasteiger partial charge is 0.0847 e. The minimum Gasteiger partial charge on any atom is -0.328 e. The van der Waals surface area contributed by atoms with Crippen LogP contribution >= 0.6 is 11.6 Å². The number of hydrogen-bond acceptors (Lipinski definition) is 2. The molecule has 1 heterocycles. The van der Waals surface area contributed by atoms with E-state index < -0.39 is 0 Å². The average molecular weight is 256 g/mol. The van der Waals surface area contributed by atoms with Crippen molar-refractivity contribution in [3.8, 4) is 0 Å². The van der Waals surface area contributed by atoms with E-state index in [9.17, 15) is 0 Å². The molecule has 1 aliphatic carbocycles. The van der Waals surface area contributed by atoms with Gasteiger partial charge in [0.05, 0.1) is 16.4 Å². The van der Waals surface area contributed by atoms with Crippen LogP contribution in [0.4, 0.5) is 0 Å². The third-order valence-electron chi connectivity index (χ3n) is 3.92. The standard InChI is InChI=1S/C13H22ClN3/c1-4-17-11(12(14)9(2)16-17)8-13(3)6-5-10(15)7-13/h10H,4-8,15H2,1-3H3. The highest BCUT2D eigenvalue weighted by Gasteiger charge is 2.35. The van der Waals surface area contributed by atoms with Crippen molar-refractivity contribution in [2.45, 2.75) is 59.0 Å². The van der Waals surface area contributed by atoms with Gasteiger partial charge in [0.15, 0.2) is 0 Å². The van der Waals surface area contributed by atoms with Crippen LogP contribution in [0, 0.1) is 12.3 Å². The summed E-state index contributed by atoms with van der Waals surface area (Å²) in [6.45, 7) is 7.28.